The number of likely N-dealkylation sites (tertiary alicyclic amines) is 1. The van der Waals surface area contributed by atoms with Gasteiger partial charge < -0.3 is 15.0 Å². The number of carbonyl (C=O) groups is 1. The number of carbonyl (C=O) groups excluding carboxylic acids is 1. The molecular formula is C32H41FN4O3. The molecule has 3 heterocycles. The smallest absolute Gasteiger partial charge is 0.261 e. The third kappa shape index (κ3) is 5.38. The molecule has 214 valence electrons. The van der Waals surface area contributed by atoms with Gasteiger partial charge >= 0.3 is 0 Å². The predicted octanol–water partition coefficient (Wildman–Crippen LogP) is 5.74. The van der Waals surface area contributed by atoms with Crippen molar-refractivity contribution in [3.05, 3.63) is 69.0 Å². The van der Waals surface area contributed by atoms with Crippen LogP contribution in [0, 0.1) is 12.7 Å². The maximum Gasteiger partial charge on any atom is 0.261 e. The fourth-order valence-electron chi connectivity index (χ4n) is 6.45. The normalized spacial score (nSPS) is 18.6. The monoisotopic (exact) mass is 548 g/mol. The van der Waals surface area contributed by atoms with Crippen LogP contribution in [0.4, 0.5) is 10.1 Å². The number of nitrogens with one attached hydrogen (secondary N) is 1. The van der Waals surface area contributed by atoms with E-state index in [2.05, 4.69) is 25.2 Å². The molecule has 0 aliphatic carbocycles. The van der Waals surface area contributed by atoms with Crippen molar-refractivity contribution in [3.8, 4) is 0 Å². The van der Waals surface area contributed by atoms with Crippen LogP contribution in [0.25, 0.3) is 10.9 Å². The zero-order chi connectivity index (χ0) is 28.6. The number of rotatable bonds is 6. The highest BCUT2D eigenvalue weighted by Gasteiger charge is 2.34. The molecule has 0 unspecified atom stereocenters. The lowest BCUT2D eigenvalue weighted by molar-refractivity contribution is -0.131. The lowest BCUT2D eigenvalue weighted by atomic mass is 9.81. The largest absolute Gasteiger partial charge is 0.381 e. The molecule has 1 aromatic heterocycles. The second-order valence-electron chi connectivity index (χ2n) is 11.8. The Balaban J connectivity index is 1.51. The molecule has 0 saturated carbocycles. The van der Waals surface area contributed by atoms with E-state index < -0.39 is 0 Å². The molecule has 2 aromatic carbocycles. The SMILES string of the molecule is CCC(=O)N1CCC(c2cc(F)ccc2N[C@H](C)c2cc(C)cc3c(=O)n(C)c(C4(C)CCOCC4)nc23)CC1. The Morgan fingerprint density at radius 2 is 1.90 bits per heavy atom. The zero-order valence-corrected chi connectivity index (χ0v) is 24.3. The van der Waals surface area contributed by atoms with Crippen LogP contribution < -0.4 is 10.9 Å². The Morgan fingerprint density at radius 1 is 1.20 bits per heavy atom. The molecule has 1 atom stereocenters. The molecule has 2 saturated heterocycles. The fraction of sp³-hybridized carbons (Fsp3) is 0.531. The summed E-state index contributed by atoms with van der Waals surface area (Å²) in [6.07, 6.45) is 3.74. The van der Waals surface area contributed by atoms with Crippen molar-refractivity contribution in [1.29, 1.82) is 0 Å². The van der Waals surface area contributed by atoms with Crippen LogP contribution in [0.3, 0.4) is 0 Å². The van der Waals surface area contributed by atoms with Crippen molar-refractivity contribution in [2.75, 3.05) is 31.6 Å². The number of amides is 1. The summed E-state index contributed by atoms with van der Waals surface area (Å²) in [6, 6.07) is 8.77. The Kier molecular flexibility index (Phi) is 8.00. The Hall–Kier alpha value is -3.26. The van der Waals surface area contributed by atoms with E-state index in [1.807, 2.05) is 37.9 Å². The van der Waals surface area contributed by atoms with Crippen molar-refractivity contribution >= 4 is 22.5 Å². The van der Waals surface area contributed by atoms with E-state index in [1.54, 1.807) is 10.6 Å². The van der Waals surface area contributed by atoms with Crippen LogP contribution in [0.5, 0.6) is 0 Å². The van der Waals surface area contributed by atoms with Gasteiger partial charge in [-0.25, -0.2) is 9.37 Å². The van der Waals surface area contributed by atoms with Gasteiger partial charge in [-0.05, 0) is 80.8 Å². The summed E-state index contributed by atoms with van der Waals surface area (Å²) in [6.45, 7) is 10.8. The quantitative estimate of drug-likeness (QED) is 0.425. The van der Waals surface area contributed by atoms with Crippen molar-refractivity contribution in [1.82, 2.24) is 14.5 Å². The predicted molar refractivity (Wildman–Crippen MR) is 156 cm³/mol. The number of aromatic nitrogens is 2. The second kappa shape index (κ2) is 11.3. The highest BCUT2D eigenvalue weighted by molar-refractivity contribution is 5.83. The van der Waals surface area contributed by atoms with Gasteiger partial charge in [0.25, 0.3) is 5.56 Å². The van der Waals surface area contributed by atoms with Gasteiger partial charge in [0.2, 0.25) is 5.91 Å². The van der Waals surface area contributed by atoms with Crippen molar-refractivity contribution in [2.45, 2.75) is 77.2 Å². The second-order valence-corrected chi connectivity index (χ2v) is 11.8. The number of benzene rings is 2. The number of hydrogen-bond acceptors (Lipinski definition) is 5. The standard InChI is InChI=1S/C32H41FN4O3/c1-6-28(38)37-13-9-22(10-14-37)25-19-23(33)7-8-27(25)34-21(3)24-17-20(2)18-26-29(24)35-31(36(5)30(26)39)32(4)11-15-40-16-12-32/h7-8,17-19,21-22,34H,6,9-16H2,1-5H3/t21-/m1/s1. The van der Waals surface area contributed by atoms with Crippen LogP contribution in [-0.2, 0) is 22.0 Å². The van der Waals surface area contributed by atoms with Crippen LogP contribution in [0.15, 0.2) is 35.1 Å². The number of ether oxygens (including phenoxy) is 1. The number of halogens is 1. The summed E-state index contributed by atoms with van der Waals surface area (Å²) in [4.78, 5) is 32.9. The number of hydrogen-bond donors (Lipinski definition) is 1. The van der Waals surface area contributed by atoms with E-state index in [0.717, 1.165) is 53.9 Å². The molecule has 40 heavy (non-hydrogen) atoms. The Bertz CT molecular complexity index is 1470. The van der Waals surface area contributed by atoms with Crippen molar-refractivity contribution < 1.29 is 13.9 Å². The maximum absolute atomic E-state index is 14.5. The van der Waals surface area contributed by atoms with E-state index in [9.17, 15) is 14.0 Å². The summed E-state index contributed by atoms with van der Waals surface area (Å²) in [5.41, 5.74) is 4.19. The summed E-state index contributed by atoms with van der Waals surface area (Å²) in [7, 11) is 1.82. The van der Waals surface area contributed by atoms with Crippen LogP contribution >= 0.6 is 0 Å². The number of anilines is 1. The first-order chi connectivity index (χ1) is 19.1. The van der Waals surface area contributed by atoms with Crippen LogP contribution in [-0.4, -0.2) is 46.7 Å². The van der Waals surface area contributed by atoms with E-state index >= 15 is 0 Å². The first-order valence-corrected chi connectivity index (χ1v) is 14.5. The first-order valence-electron chi connectivity index (χ1n) is 14.5. The molecule has 0 radical (unpaired) electrons. The van der Waals surface area contributed by atoms with Gasteiger partial charge in [-0.15, -0.1) is 0 Å². The van der Waals surface area contributed by atoms with Gasteiger partial charge in [0.15, 0.2) is 0 Å². The molecule has 1 N–H and O–H groups in total. The van der Waals surface area contributed by atoms with Crippen LogP contribution in [0.2, 0.25) is 0 Å². The number of piperidine rings is 1. The third-order valence-electron chi connectivity index (χ3n) is 8.93. The molecule has 7 nitrogen and oxygen atoms in total. The Labute approximate surface area is 235 Å². The molecule has 2 aliphatic heterocycles. The fourth-order valence-corrected chi connectivity index (χ4v) is 6.45. The van der Waals surface area contributed by atoms with E-state index in [0.29, 0.717) is 43.6 Å². The maximum atomic E-state index is 14.5. The highest BCUT2D eigenvalue weighted by Crippen LogP contribution is 2.37. The molecule has 0 spiro atoms. The third-order valence-corrected chi connectivity index (χ3v) is 8.93. The molecule has 1 amide bonds. The van der Waals surface area contributed by atoms with Gasteiger partial charge in [0.05, 0.1) is 16.9 Å². The highest BCUT2D eigenvalue weighted by atomic mass is 19.1. The van der Waals surface area contributed by atoms with Gasteiger partial charge in [-0.2, -0.15) is 0 Å². The molecule has 2 fully saturated rings. The molecule has 2 aliphatic rings. The zero-order valence-electron chi connectivity index (χ0n) is 24.3. The molecular weight excluding hydrogens is 507 g/mol. The van der Waals surface area contributed by atoms with E-state index in [4.69, 9.17) is 9.72 Å². The minimum absolute atomic E-state index is 0.0410. The van der Waals surface area contributed by atoms with Crippen LogP contribution in [0.1, 0.15) is 87.3 Å². The summed E-state index contributed by atoms with van der Waals surface area (Å²) >= 11 is 0. The number of aryl methyl sites for hydroxylation is 1. The summed E-state index contributed by atoms with van der Waals surface area (Å²) < 4.78 is 21.8. The minimum atomic E-state index is -0.263. The molecule has 3 aromatic rings. The van der Waals surface area contributed by atoms with Crippen molar-refractivity contribution in [2.24, 2.45) is 7.05 Å². The van der Waals surface area contributed by atoms with Gasteiger partial charge in [0.1, 0.15) is 11.6 Å². The Morgan fingerprint density at radius 3 is 2.58 bits per heavy atom. The topological polar surface area (TPSA) is 76.5 Å². The average molecular weight is 549 g/mol. The summed E-state index contributed by atoms with van der Waals surface area (Å²) in [5, 5.41) is 4.25. The van der Waals surface area contributed by atoms with Gasteiger partial charge in [-0.3, -0.25) is 14.2 Å². The molecule has 0 bridgehead atoms. The summed E-state index contributed by atoms with van der Waals surface area (Å²) in [5.74, 6) is 0.858. The molecule has 8 heteroatoms. The van der Waals surface area contributed by atoms with Crippen molar-refractivity contribution in [3.63, 3.8) is 0 Å². The van der Waals surface area contributed by atoms with E-state index in [1.165, 1.54) is 6.07 Å². The lowest BCUT2D eigenvalue weighted by Crippen LogP contribution is -2.38. The molecule has 5 rings (SSSR count). The van der Waals surface area contributed by atoms with E-state index in [-0.39, 0.29) is 34.7 Å². The first kappa shape index (κ1) is 28.3. The van der Waals surface area contributed by atoms with Gasteiger partial charge in [-0.1, -0.05) is 19.9 Å². The number of nitrogens with zero attached hydrogens (tertiary/aromatic N) is 3. The lowest BCUT2D eigenvalue weighted by Gasteiger charge is -2.34. The van der Waals surface area contributed by atoms with Gasteiger partial charge in [0, 0.05) is 56.4 Å². The minimum Gasteiger partial charge on any atom is -0.381 e. The number of fused-ring (bicyclic) bond motifs is 1. The average Bonchev–Trinajstić information content (AvgIpc) is 2.95.